The first kappa shape index (κ1) is 13.9. The number of ether oxygens (including phenoxy) is 1. The molecule has 1 atom stereocenters. The lowest BCUT2D eigenvalue weighted by Crippen LogP contribution is -2.53. The second kappa shape index (κ2) is 5.98. The summed E-state index contributed by atoms with van der Waals surface area (Å²) in [7, 11) is 1.90. The smallest absolute Gasteiger partial charge is 0.125 e. The molecule has 0 heterocycles. The van der Waals surface area contributed by atoms with Gasteiger partial charge in [0.2, 0.25) is 0 Å². The van der Waals surface area contributed by atoms with Gasteiger partial charge in [-0.3, -0.25) is 0 Å². The summed E-state index contributed by atoms with van der Waals surface area (Å²) in [5, 5.41) is 0. The van der Waals surface area contributed by atoms with E-state index < -0.39 is 0 Å². The van der Waals surface area contributed by atoms with Crippen LogP contribution in [0.15, 0.2) is 24.3 Å². The minimum Gasteiger partial charge on any atom is -0.379 e. The molecule has 0 bridgehead atoms. The van der Waals surface area contributed by atoms with Gasteiger partial charge >= 0.3 is 0 Å². The number of likely N-dealkylation sites (N-methyl/N-ethyl adjacent to an activating group) is 1. The molecule has 17 heavy (non-hydrogen) atoms. The van der Waals surface area contributed by atoms with Crippen LogP contribution in [-0.2, 0) is 4.74 Å². The fraction of sp³-hybridized carbons (Fsp3) is 0.538. The van der Waals surface area contributed by atoms with E-state index in [2.05, 4.69) is 0 Å². The predicted octanol–water partition coefficient (Wildman–Crippen LogP) is 2.02. The Kier molecular flexibility index (Phi) is 4.90. The zero-order valence-corrected chi connectivity index (χ0v) is 10.7. The Hall–Kier alpha value is -1.13. The van der Waals surface area contributed by atoms with Crippen LogP contribution in [0, 0.1) is 5.82 Å². The molecule has 1 aromatic carbocycles. The minimum absolute atomic E-state index is 0.245. The van der Waals surface area contributed by atoms with E-state index in [4.69, 9.17) is 10.5 Å². The molecule has 0 aliphatic rings. The van der Waals surface area contributed by atoms with E-state index in [0.29, 0.717) is 19.8 Å². The number of hydrogen-bond acceptors (Lipinski definition) is 3. The molecule has 0 spiro atoms. The highest BCUT2D eigenvalue weighted by molar-refractivity contribution is 5.48. The summed E-state index contributed by atoms with van der Waals surface area (Å²) in [5.74, 6) is -0.245. The average Bonchev–Trinajstić information content (AvgIpc) is 2.35. The van der Waals surface area contributed by atoms with Crippen LogP contribution in [0.5, 0.6) is 0 Å². The van der Waals surface area contributed by atoms with Crippen molar-refractivity contribution in [2.24, 2.45) is 5.73 Å². The van der Waals surface area contributed by atoms with E-state index in [0.717, 1.165) is 5.69 Å². The first-order valence-corrected chi connectivity index (χ1v) is 5.80. The summed E-state index contributed by atoms with van der Waals surface area (Å²) in [6.45, 7) is 5.56. The van der Waals surface area contributed by atoms with Gasteiger partial charge in [0.05, 0.1) is 12.1 Å². The second-order valence-corrected chi connectivity index (χ2v) is 4.38. The summed E-state index contributed by atoms with van der Waals surface area (Å²) in [6, 6.07) is 6.49. The summed E-state index contributed by atoms with van der Waals surface area (Å²) in [4.78, 5) is 1.96. The van der Waals surface area contributed by atoms with Crippen LogP contribution in [0.1, 0.15) is 13.8 Å². The minimum atomic E-state index is -0.330. The lowest BCUT2D eigenvalue weighted by atomic mass is 10.0. The fourth-order valence-electron chi connectivity index (χ4n) is 1.61. The van der Waals surface area contributed by atoms with Crippen molar-refractivity contribution in [2.75, 3.05) is 31.7 Å². The largest absolute Gasteiger partial charge is 0.379 e. The van der Waals surface area contributed by atoms with Crippen molar-refractivity contribution < 1.29 is 9.13 Å². The summed E-state index contributed by atoms with van der Waals surface area (Å²) in [5.41, 5.74) is 6.28. The third kappa shape index (κ3) is 3.41. The Balaban J connectivity index is 2.88. The molecule has 1 unspecified atom stereocenters. The van der Waals surface area contributed by atoms with Gasteiger partial charge in [0.25, 0.3) is 0 Å². The van der Waals surface area contributed by atoms with Crippen molar-refractivity contribution in [1.29, 1.82) is 0 Å². The molecular weight excluding hydrogens is 219 g/mol. The van der Waals surface area contributed by atoms with E-state index in [-0.39, 0.29) is 11.4 Å². The maximum atomic E-state index is 13.2. The quantitative estimate of drug-likeness (QED) is 0.826. The number of nitrogens with zero attached hydrogens (tertiary/aromatic N) is 1. The zero-order valence-electron chi connectivity index (χ0n) is 10.7. The molecule has 0 saturated heterocycles. The number of benzene rings is 1. The van der Waals surface area contributed by atoms with Gasteiger partial charge in [-0.1, -0.05) is 6.07 Å². The van der Waals surface area contributed by atoms with Gasteiger partial charge in [-0.25, -0.2) is 4.39 Å². The highest BCUT2D eigenvalue weighted by Crippen LogP contribution is 2.22. The van der Waals surface area contributed by atoms with Crippen LogP contribution in [0.2, 0.25) is 0 Å². The maximum Gasteiger partial charge on any atom is 0.125 e. The lowest BCUT2D eigenvalue weighted by Gasteiger charge is -2.39. The molecule has 0 saturated carbocycles. The van der Waals surface area contributed by atoms with Crippen LogP contribution in [-0.4, -0.2) is 32.3 Å². The Morgan fingerprint density at radius 1 is 1.47 bits per heavy atom. The van der Waals surface area contributed by atoms with Crippen LogP contribution in [0.4, 0.5) is 10.1 Å². The van der Waals surface area contributed by atoms with Gasteiger partial charge in [-0.15, -0.1) is 0 Å². The summed E-state index contributed by atoms with van der Waals surface area (Å²) < 4.78 is 18.6. The molecule has 0 aliphatic carbocycles. The molecule has 1 aromatic rings. The highest BCUT2D eigenvalue weighted by Gasteiger charge is 2.28. The molecule has 4 heteroatoms. The second-order valence-electron chi connectivity index (χ2n) is 4.38. The number of halogens is 1. The highest BCUT2D eigenvalue weighted by atomic mass is 19.1. The van der Waals surface area contributed by atoms with Crippen LogP contribution in [0.3, 0.4) is 0 Å². The van der Waals surface area contributed by atoms with Gasteiger partial charge in [0.1, 0.15) is 5.82 Å². The Labute approximate surface area is 102 Å². The molecule has 1 rings (SSSR count). The Morgan fingerprint density at radius 2 is 2.18 bits per heavy atom. The molecule has 0 aliphatic heterocycles. The first-order chi connectivity index (χ1) is 8.03. The van der Waals surface area contributed by atoms with Gasteiger partial charge in [-0.05, 0) is 32.0 Å². The van der Waals surface area contributed by atoms with Crippen LogP contribution < -0.4 is 10.6 Å². The normalized spacial score (nSPS) is 14.4. The molecule has 96 valence electrons. The standard InChI is InChI=1S/C13H21FN2O/c1-4-17-10-13(2,9-15)16(3)12-7-5-6-11(14)8-12/h5-8H,4,9-10,15H2,1-3H3. The molecule has 0 radical (unpaired) electrons. The van der Waals surface area contributed by atoms with Gasteiger partial charge in [0.15, 0.2) is 0 Å². The Morgan fingerprint density at radius 3 is 2.71 bits per heavy atom. The molecule has 0 amide bonds. The molecular formula is C13H21FN2O. The third-order valence-corrected chi connectivity index (χ3v) is 3.06. The number of hydrogen-bond donors (Lipinski definition) is 1. The number of nitrogens with two attached hydrogens (primary N) is 1. The molecule has 2 N–H and O–H groups in total. The monoisotopic (exact) mass is 240 g/mol. The van der Waals surface area contributed by atoms with Gasteiger partial charge < -0.3 is 15.4 Å². The van der Waals surface area contributed by atoms with E-state index in [9.17, 15) is 4.39 Å². The zero-order chi connectivity index (χ0) is 12.9. The maximum absolute atomic E-state index is 13.2. The number of anilines is 1. The molecule has 0 fully saturated rings. The van der Waals surface area contributed by atoms with Crippen molar-refractivity contribution in [1.82, 2.24) is 0 Å². The van der Waals surface area contributed by atoms with Gasteiger partial charge in [0, 0.05) is 25.9 Å². The summed E-state index contributed by atoms with van der Waals surface area (Å²) in [6.07, 6.45) is 0. The van der Waals surface area contributed by atoms with E-state index in [1.165, 1.54) is 12.1 Å². The van der Waals surface area contributed by atoms with Crippen molar-refractivity contribution >= 4 is 5.69 Å². The van der Waals surface area contributed by atoms with Gasteiger partial charge in [-0.2, -0.15) is 0 Å². The lowest BCUT2D eigenvalue weighted by molar-refractivity contribution is 0.102. The van der Waals surface area contributed by atoms with Crippen LogP contribution in [0.25, 0.3) is 0 Å². The predicted molar refractivity (Wildman–Crippen MR) is 68.8 cm³/mol. The fourth-order valence-corrected chi connectivity index (χ4v) is 1.61. The average molecular weight is 240 g/mol. The van der Waals surface area contributed by atoms with Crippen molar-refractivity contribution in [3.63, 3.8) is 0 Å². The summed E-state index contributed by atoms with van der Waals surface area (Å²) >= 11 is 0. The van der Waals surface area contributed by atoms with Crippen molar-refractivity contribution in [3.05, 3.63) is 30.1 Å². The van der Waals surface area contributed by atoms with Crippen LogP contribution >= 0.6 is 0 Å². The molecule has 0 aromatic heterocycles. The van der Waals surface area contributed by atoms with E-state index in [1.54, 1.807) is 6.07 Å². The van der Waals surface area contributed by atoms with Crippen molar-refractivity contribution in [3.8, 4) is 0 Å². The Bertz CT molecular complexity index is 359. The molecule has 3 nitrogen and oxygen atoms in total. The third-order valence-electron chi connectivity index (χ3n) is 3.06. The number of rotatable bonds is 6. The first-order valence-electron chi connectivity index (χ1n) is 5.80. The SMILES string of the molecule is CCOCC(C)(CN)N(C)c1cccc(F)c1. The van der Waals surface area contributed by atoms with E-state index >= 15 is 0 Å². The van der Waals surface area contributed by atoms with E-state index in [1.807, 2.05) is 31.9 Å². The van der Waals surface area contributed by atoms with Crippen molar-refractivity contribution in [2.45, 2.75) is 19.4 Å². The topological polar surface area (TPSA) is 38.5 Å².